The molecule has 1 aliphatic heterocycles. The molecule has 7 heteroatoms. The smallest absolute Gasteiger partial charge is 0.261 e. The van der Waals surface area contributed by atoms with Crippen LogP contribution in [0, 0.1) is 0 Å². The number of hydrogen-bond donors (Lipinski definition) is 1. The molecule has 0 radical (unpaired) electrons. The van der Waals surface area contributed by atoms with Crippen LogP contribution in [0.3, 0.4) is 0 Å². The van der Waals surface area contributed by atoms with Crippen molar-refractivity contribution in [2.24, 2.45) is 0 Å². The Kier molecular flexibility index (Phi) is 5.04. The zero-order chi connectivity index (χ0) is 18.9. The molecule has 0 bridgehead atoms. The third kappa shape index (κ3) is 4.08. The van der Waals surface area contributed by atoms with Gasteiger partial charge in [-0.05, 0) is 73.3 Å². The van der Waals surface area contributed by atoms with Crippen LogP contribution in [0.4, 0.5) is 5.69 Å². The molecule has 0 aliphatic carbocycles. The fourth-order valence-electron chi connectivity index (χ4n) is 3.39. The van der Waals surface area contributed by atoms with Crippen LogP contribution >= 0.6 is 11.6 Å². The van der Waals surface area contributed by atoms with E-state index in [0.29, 0.717) is 10.8 Å². The molecule has 1 aliphatic rings. The largest absolute Gasteiger partial charge is 0.299 e. The standard InChI is InChI=1S/C20H20ClN3O2S/c21-20-19-8-5-17(13-16(19)9-10-22-20)23-27(25,26)18-6-3-15(4-7-18)14-24-11-1-2-12-24/h3-10,13,23H,1-2,11-12,14H2. The summed E-state index contributed by atoms with van der Waals surface area (Å²) in [6.45, 7) is 3.10. The van der Waals surface area contributed by atoms with Crippen LogP contribution in [0.25, 0.3) is 10.8 Å². The zero-order valence-electron chi connectivity index (χ0n) is 14.7. The van der Waals surface area contributed by atoms with Crippen molar-refractivity contribution in [3.63, 3.8) is 0 Å². The van der Waals surface area contributed by atoms with Crippen molar-refractivity contribution in [1.29, 1.82) is 0 Å². The predicted molar refractivity (Wildman–Crippen MR) is 109 cm³/mol. The maximum atomic E-state index is 12.7. The molecule has 3 aromatic rings. The molecule has 5 nitrogen and oxygen atoms in total. The summed E-state index contributed by atoms with van der Waals surface area (Å²) >= 11 is 6.06. The van der Waals surface area contributed by atoms with Crippen LogP contribution in [-0.2, 0) is 16.6 Å². The number of aromatic nitrogens is 1. The number of benzene rings is 2. The van der Waals surface area contributed by atoms with E-state index < -0.39 is 10.0 Å². The van der Waals surface area contributed by atoms with E-state index >= 15 is 0 Å². The van der Waals surface area contributed by atoms with Crippen molar-refractivity contribution in [3.05, 3.63) is 65.4 Å². The monoisotopic (exact) mass is 401 g/mol. The summed E-state index contributed by atoms with van der Waals surface area (Å²) in [5, 5.41) is 2.01. The molecule has 1 N–H and O–H groups in total. The van der Waals surface area contributed by atoms with E-state index in [0.717, 1.165) is 36.0 Å². The third-order valence-corrected chi connectivity index (χ3v) is 6.50. The van der Waals surface area contributed by atoms with E-state index in [2.05, 4.69) is 14.6 Å². The molecule has 2 aromatic carbocycles. The molecule has 0 amide bonds. The number of pyridine rings is 1. The average Bonchev–Trinajstić information content (AvgIpc) is 3.15. The first-order valence-corrected chi connectivity index (χ1v) is 10.8. The van der Waals surface area contributed by atoms with E-state index in [1.807, 2.05) is 12.1 Å². The van der Waals surface area contributed by atoms with Gasteiger partial charge in [-0.25, -0.2) is 13.4 Å². The van der Waals surface area contributed by atoms with Gasteiger partial charge in [-0.3, -0.25) is 9.62 Å². The molecule has 0 unspecified atom stereocenters. The lowest BCUT2D eigenvalue weighted by molar-refractivity contribution is 0.331. The first-order chi connectivity index (χ1) is 13.0. The summed E-state index contributed by atoms with van der Waals surface area (Å²) in [4.78, 5) is 6.66. The minimum absolute atomic E-state index is 0.250. The molecule has 140 valence electrons. The number of fused-ring (bicyclic) bond motifs is 1. The Hall–Kier alpha value is -2.15. The lowest BCUT2D eigenvalue weighted by Gasteiger charge is -2.15. The lowest BCUT2D eigenvalue weighted by atomic mass is 10.1. The number of rotatable bonds is 5. The summed E-state index contributed by atoms with van der Waals surface area (Å²) in [5.74, 6) is 0. The van der Waals surface area contributed by atoms with Crippen LogP contribution in [0.1, 0.15) is 18.4 Å². The van der Waals surface area contributed by atoms with Gasteiger partial charge in [0, 0.05) is 23.8 Å². The number of anilines is 1. The highest BCUT2D eigenvalue weighted by Gasteiger charge is 2.16. The van der Waals surface area contributed by atoms with Gasteiger partial charge < -0.3 is 0 Å². The van der Waals surface area contributed by atoms with Gasteiger partial charge in [-0.1, -0.05) is 23.7 Å². The fraction of sp³-hybridized carbons (Fsp3) is 0.250. The normalized spacial score (nSPS) is 15.3. The number of likely N-dealkylation sites (tertiary alicyclic amines) is 1. The molecule has 1 aromatic heterocycles. The van der Waals surface area contributed by atoms with Gasteiger partial charge in [-0.15, -0.1) is 0 Å². The SMILES string of the molecule is O=S(=O)(Nc1ccc2c(Cl)nccc2c1)c1ccc(CN2CCCC2)cc1. The van der Waals surface area contributed by atoms with Gasteiger partial charge in [0.1, 0.15) is 5.15 Å². The summed E-state index contributed by atoms with van der Waals surface area (Å²) < 4.78 is 28.0. The van der Waals surface area contributed by atoms with Gasteiger partial charge in [0.2, 0.25) is 0 Å². The second-order valence-corrected chi connectivity index (χ2v) is 8.81. The van der Waals surface area contributed by atoms with Crippen molar-refractivity contribution < 1.29 is 8.42 Å². The summed E-state index contributed by atoms with van der Waals surface area (Å²) in [5.41, 5.74) is 1.62. The maximum Gasteiger partial charge on any atom is 0.261 e. The van der Waals surface area contributed by atoms with Crippen molar-refractivity contribution >= 4 is 38.1 Å². The zero-order valence-corrected chi connectivity index (χ0v) is 16.3. The maximum absolute atomic E-state index is 12.7. The molecule has 4 rings (SSSR count). The van der Waals surface area contributed by atoms with E-state index in [9.17, 15) is 8.42 Å². The van der Waals surface area contributed by atoms with Crippen LogP contribution in [-0.4, -0.2) is 31.4 Å². The molecular formula is C20H20ClN3O2S. The second-order valence-electron chi connectivity index (χ2n) is 6.77. The molecule has 1 saturated heterocycles. The number of nitrogens with one attached hydrogen (secondary N) is 1. The summed E-state index contributed by atoms with van der Waals surface area (Å²) in [7, 11) is -3.65. The van der Waals surface area contributed by atoms with Crippen molar-refractivity contribution in [2.75, 3.05) is 17.8 Å². The highest BCUT2D eigenvalue weighted by atomic mass is 35.5. The van der Waals surface area contributed by atoms with Crippen molar-refractivity contribution in [1.82, 2.24) is 9.88 Å². The number of hydrogen-bond acceptors (Lipinski definition) is 4. The van der Waals surface area contributed by atoms with E-state index in [1.165, 1.54) is 12.8 Å². The van der Waals surface area contributed by atoms with Crippen molar-refractivity contribution in [2.45, 2.75) is 24.3 Å². The Morgan fingerprint density at radius 2 is 1.78 bits per heavy atom. The number of nitrogens with zero attached hydrogens (tertiary/aromatic N) is 2. The van der Waals surface area contributed by atoms with Crippen molar-refractivity contribution in [3.8, 4) is 0 Å². The van der Waals surface area contributed by atoms with Crippen LogP contribution in [0.15, 0.2) is 59.6 Å². The molecule has 27 heavy (non-hydrogen) atoms. The van der Waals surface area contributed by atoms with Crippen LogP contribution < -0.4 is 4.72 Å². The van der Waals surface area contributed by atoms with Gasteiger partial charge in [0.05, 0.1) is 4.90 Å². The number of halogens is 1. The molecule has 2 heterocycles. The van der Waals surface area contributed by atoms with E-state index in [1.54, 1.807) is 42.6 Å². The van der Waals surface area contributed by atoms with E-state index in [-0.39, 0.29) is 4.90 Å². The first-order valence-electron chi connectivity index (χ1n) is 8.90. The summed E-state index contributed by atoms with van der Waals surface area (Å²) in [6.07, 6.45) is 4.08. The molecule has 1 fully saturated rings. The van der Waals surface area contributed by atoms with Gasteiger partial charge in [0.15, 0.2) is 0 Å². The molecule has 0 saturated carbocycles. The molecule has 0 spiro atoms. The van der Waals surface area contributed by atoms with E-state index in [4.69, 9.17) is 11.6 Å². The highest BCUT2D eigenvalue weighted by molar-refractivity contribution is 7.92. The van der Waals surface area contributed by atoms with Gasteiger partial charge >= 0.3 is 0 Å². The Labute approximate surface area is 164 Å². The number of sulfonamides is 1. The Bertz CT molecular complexity index is 1060. The average molecular weight is 402 g/mol. The Morgan fingerprint density at radius 1 is 1.04 bits per heavy atom. The summed E-state index contributed by atoms with van der Waals surface area (Å²) in [6, 6.07) is 14.1. The Balaban J connectivity index is 1.52. The third-order valence-electron chi connectivity index (χ3n) is 4.81. The minimum atomic E-state index is -3.65. The first kappa shape index (κ1) is 18.2. The quantitative estimate of drug-likeness (QED) is 0.648. The van der Waals surface area contributed by atoms with Crippen LogP contribution in [0.2, 0.25) is 5.15 Å². The lowest BCUT2D eigenvalue weighted by Crippen LogP contribution is -2.18. The van der Waals surface area contributed by atoms with Gasteiger partial charge in [-0.2, -0.15) is 0 Å². The fourth-order valence-corrected chi connectivity index (χ4v) is 4.67. The topological polar surface area (TPSA) is 62.3 Å². The minimum Gasteiger partial charge on any atom is -0.299 e. The van der Waals surface area contributed by atoms with Crippen LogP contribution in [0.5, 0.6) is 0 Å². The second kappa shape index (κ2) is 7.46. The van der Waals surface area contributed by atoms with Gasteiger partial charge in [0.25, 0.3) is 10.0 Å². The highest BCUT2D eigenvalue weighted by Crippen LogP contribution is 2.25. The molecule has 0 atom stereocenters. The Morgan fingerprint density at radius 3 is 2.52 bits per heavy atom. The predicted octanol–water partition coefficient (Wildman–Crippen LogP) is 4.28. The molecular weight excluding hydrogens is 382 g/mol.